The number of hydrogen-bond donors (Lipinski definition) is 1. The van der Waals surface area contributed by atoms with E-state index in [1.54, 1.807) is 13.1 Å². The molecule has 146 valence electrons. The van der Waals surface area contributed by atoms with Crippen LogP contribution < -0.4 is 5.32 Å². The summed E-state index contributed by atoms with van der Waals surface area (Å²) in [4.78, 5) is 6.58. The molecule has 1 aromatic carbocycles. The van der Waals surface area contributed by atoms with Crippen LogP contribution in [-0.4, -0.2) is 63.0 Å². The molecule has 0 bridgehead atoms. The van der Waals surface area contributed by atoms with Crippen LogP contribution in [0, 0.1) is 5.82 Å². The predicted octanol–water partition coefficient (Wildman–Crippen LogP) is 3.20. The SMILES string of the molecule is CN=C(NCCc1cc(Br)ccc1F)N1CCOC(C2CCCO2)C1.I. The third-order valence-electron chi connectivity index (χ3n) is 4.67. The van der Waals surface area contributed by atoms with E-state index < -0.39 is 0 Å². The van der Waals surface area contributed by atoms with Crippen molar-refractivity contribution in [3.8, 4) is 0 Å². The molecule has 2 saturated heterocycles. The summed E-state index contributed by atoms with van der Waals surface area (Å²) in [5, 5.41) is 3.34. The van der Waals surface area contributed by atoms with Crippen molar-refractivity contribution in [1.82, 2.24) is 10.2 Å². The summed E-state index contributed by atoms with van der Waals surface area (Å²) in [6.45, 7) is 3.70. The van der Waals surface area contributed by atoms with Gasteiger partial charge in [0.05, 0.1) is 12.7 Å². The van der Waals surface area contributed by atoms with Crippen molar-refractivity contribution in [3.63, 3.8) is 0 Å². The van der Waals surface area contributed by atoms with Crippen LogP contribution in [0.15, 0.2) is 27.7 Å². The van der Waals surface area contributed by atoms with E-state index >= 15 is 0 Å². The lowest BCUT2D eigenvalue weighted by molar-refractivity contribution is -0.0816. The molecule has 5 nitrogen and oxygen atoms in total. The van der Waals surface area contributed by atoms with E-state index in [4.69, 9.17) is 9.47 Å². The number of benzene rings is 1. The number of nitrogens with one attached hydrogen (secondary N) is 1. The minimum atomic E-state index is -0.176. The maximum Gasteiger partial charge on any atom is 0.193 e. The molecule has 0 spiro atoms. The van der Waals surface area contributed by atoms with Crippen LogP contribution in [0.3, 0.4) is 0 Å². The van der Waals surface area contributed by atoms with Crippen molar-refractivity contribution in [2.75, 3.05) is 39.9 Å². The number of aliphatic imine (C=N–C) groups is 1. The van der Waals surface area contributed by atoms with Crippen LogP contribution in [-0.2, 0) is 15.9 Å². The molecule has 2 atom stereocenters. The van der Waals surface area contributed by atoms with Gasteiger partial charge in [0.2, 0.25) is 0 Å². The Kier molecular flexibility index (Phi) is 9.05. The number of guanidine groups is 1. The molecule has 2 aliphatic heterocycles. The van der Waals surface area contributed by atoms with Crippen molar-refractivity contribution in [1.29, 1.82) is 0 Å². The van der Waals surface area contributed by atoms with Crippen LogP contribution in [0.4, 0.5) is 4.39 Å². The monoisotopic (exact) mass is 541 g/mol. The van der Waals surface area contributed by atoms with E-state index in [-0.39, 0.29) is 42.0 Å². The van der Waals surface area contributed by atoms with Crippen molar-refractivity contribution >= 4 is 45.9 Å². The van der Waals surface area contributed by atoms with Gasteiger partial charge in [0.25, 0.3) is 0 Å². The lowest BCUT2D eigenvalue weighted by atomic mass is 10.1. The fourth-order valence-corrected chi connectivity index (χ4v) is 3.77. The Morgan fingerprint density at radius 1 is 1.35 bits per heavy atom. The molecule has 3 rings (SSSR count). The highest BCUT2D eigenvalue weighted by atomic mass is 127. The molecule has 0 aliphatic carbocycles. The first-order valence-electron chi connectivity index (χ1n) is 8.80. The average Bonchev–Trinajstić information content (AvgIpc) is 3.16. The minimum Gasteiger partial charge on any atom is -0.375 e. The highest BCUT2D eigenvalue weighted by Gasteiger charge is 2.32. The highest BCUT2D eigenvalue weighted by molar-refractivity contribution is 14.0. The molecule has 0 amide bonds. The Labute approximate surface area is 179 Å². The standard InChI is InChI=1S/C18H25BrFN3O2.HI/c1-21-18(22-7-6-13-11-14(19)4-5-15(13)20)23-8-10-25-17(12-23)16-3-2-9-24-16;/h4-5,11,16-17H,2-3,6-10,12H2,1H3,(H,21,22);1H. The number of morpholine rings is 1. The molecule has 2 unspecified atom stereocenters. The smallest absolute Gasteiger partial charge is 0.193 e. The molecule has 2 aliphatic rings. The Bertz CT molecular complexity index is 614. The van der Waals surface area contributed by atoms with Gasteiger partial charge < -0.3 is 19.7 Å². The normalized spacial score (nSPS) is 23.7. The second-order valence-corrected chi connectivity index (χ2v) is 7.28. The second kappa shape index (κ2) is 10.8. The summed E-state index contributed by atoms with van der Waals surface area (Å²) in [6.07, 6.45) is 3.06. The van der Waals surface area contributed by atoms with Gasteiger partial charge in [-0.3, -0.25) is 4.99 Å². The zero-order valence-electron chi connectivity index (χ0n) is 14.9. The van der Waals surface area contributed by atoms with Gasteiger partial charge in [0, 0.05) is 37.8 Å². The summed E-state index contributed by atoms with van der Waals surface area (Å²) in [5.74, 6) is 0.659. The largest absolute Gasteiger partial charge is 0.375 e. The maximum atomic E-state index is 13.8. The van der Waals surface area contributed by atoms with Crippen molar-refractivity contribution in [3.05, 3.63) is 34.1 Å². The molecule has 0 saturated carbocycles. The molecular formula is C18H26BrFIN3O2. The number of nitrogens with zero attached hydrogens (tertiary/aromatic N) is 2. The topological polar surface area (TPSA) is 46.1 Å². The molecule has 1 N–H and O–H groups in total. The van der Waals surface area contributed by atoms with Crippen molar-refractivity contribution < 1.29 is 13.9 Å². The van der Waals surface area contributed by atoms with Gasteiger partial charge in [0.1, 0.15) is 11.9 Å². The van der Waals surface area contributed by atoms with Gasteiger partial charge in [-0.25, -0.2) is 4.39 Å². The number of ether oxygens (including phenoxy) is 2. The third-order valence-corrected chi connectivity index (χ3v) is 5.16. The van der Waals surface area contributed by atoms with Crippen LogP contribution in [0.5, 0.6) is 0 Å². The van der Waals surface area contributed by atoms with Gasteiger partial charge in [-0.05, 0) is 43.0 Å². The van der Waals surface area contributed by atoms with Crippen LogP contribution in [0.25, 0.3) is 0 Å². The number of rotatable bonds is 4. The Morgan fingerprint density at radius 2 is 2.15 bits per heavy atom. The Morgan fingerprint density at radius 3 is 2.88 bits per heavy atom. The molecule has 2 fully saturated rings. The van der Waals surface area contributed by atoms with Crippen molar-refractivity contribution in [2.45, 2.75) is 31.5 Å². The molecule has 2 heterocycles. The lowest BCUT2D eigenvalue weighted by Crippen LogP contribution is -2.53. The first-order valence-corrected chi connectivity index (χ1v) is 9.59. The quantitative estimate of drug-likeness (QED) is 0.361. The zero-order valence-corrected chi connectivity index (χ0v) is 18.8. The molecule has 26 heavy (non-hydrogen) atoms. The summed E-state index contributed by atoms with van der Waals surface area (Å²) in [6, 6.07) is 5.02. The number of hydrogen-bond acceptors (Lipinski definition) is 3. The Balaban J connectivity index is 0.00000243. The van der Waals surface area contributed by atoms with Gasteiger partial charge in [-0.1, -0.05) is 15.9 Å². The van der Waals surface area contributed by atoms with E-state index in [1.807, 2.05) is 6.07 Å². The summed E-state index contributed by atoms with van der Waals surface area (Å²) < 4.78 is 26.4. The zero-order chi connectivity index (χ0) is 17.6. The minimum absolute atomic E-state index is 0. The number of halogens is 3. The van der Waals surface area contributed by atoms with E-state index in [0.717, 1.165) is 43.0 Å². The lowest BCUT2D eigenvalue weighted by Gasteiger charge is -2.37. The van der Waals surface area contributed by atoms with Crippen LogP contribution in [0.2, 0.25) is 0 Å². The van der Waals surface area contributed by atoms with E-state index in [1.165, 1.54) is 6.07 Å². The van der Waals surface area contributed by atoms with E-state index in [0.29, 0.717) is 25.1 Å². The predicted molar refractivity (Wildman–Crippen MR) is 115 cm³/mol. The first-order chi connectivity index (χ1) is 12.2. The van der Waals surface area contributed by atoms with Gasteiger partial charge >= 0.3 is 0 Å². The molecular weight excluding hydrogens is 516 g/mol. The highest BCUT2D eigenvalue weighted by Crippen LogP contribution is 2.21. The van der Waals surface area contributed by atoms with E-state index in [2.05, 4.69) is 31.1 Å². The first kappa shape index (κ1) is 21.8. The summed E-state index contributed by atoms with van der Waals surface area (Å²) in [5.41, 5.74) is 0.691. The molecule has 1 aromatic rings. The maximum absolute atomic E-state index is 13.8. The molecule has 0 radical (unpaired) electrons. The second-order valence-electron chi connectivity index (χ2n) is 6.37. The van der Waals surface area contributed by atoms with Gasteiger partial charge in [0.15, 0.2) is 5.96 Å². The fourth-order valence-electron chi connectivity index (χ4n) is 3.36. The molecule has 8 heteroatoms. The van der Waals surface area contributed by atoms with Crippen LogP contribution >= 0.6 is 39.9 Å². The fraction of sp³-hybridized carbons (Fsp3) is 0.611. The van der Waals surface area contributed by atoms with Crippen molar-refractivity contribution in [2.24, 2.45) is 4.99 Å². The van der Waals surface area contributed by atoms with Crippen LogP contribution in [0.1, 0.15) is 18.4 Å². The third kappa shape index (κ3) is 5.77. The van der Waals surface area contributed by atoms with Gasteiger partial charge in [-0.2, -0.15) is 0 Å². The summed E-state index contributed by atoms with van der Waals surface area (Å²) >= 11 is 3.39. The summed E-state index contributed by atoms with van der Waals surface area (Å²) in [7, 11) is 1.78. The Hall–Kier alpha value is -0.450. The van der Waals surface area contributed by atoms with E-state index in [9.17, 15) is 4.39 Å². The molecule has 0 aromatic heterocycles. The average molecular weight is 542 g/mol. The van der Waals surface area contributed by atoms with Gasteiger partial charge in [-0.15, -0.1) is 24.0 Å².